The van der Waals surface area contributed by atoms with Gasteiger partial charge in [0.05, 0.1) is 23.0 Å². The first-order valence-electron chi connectivity index (χ1n) is 10.8. The molecule has 3 N–H and O–H groups in total. The van der Waals surface area contributed by atoms with Crippen LogP contribution in [0.1, 0.15) is 21.7 Å². The molecule has 0 spiro atoms. The Morgan fingerprint density at radius 3 is 2.36 bits per heavy atom. The normalized spacial score (nSPS) is 12.1. The van der Waals surface area contributed by atoms with Gasteiger partial charge in [-0.2, -0.15) is 31.4 Å². The van der Waals surface area contributed by atoms with Crippen LogP contribution in [0.4, 0.5) is 36.4 Å². The molecule has 0 bridgehead atoms. The first-order chi connectivity index (χ1) is 18.4. The Morgan fingerprint density at radius 2 is 1.67 bits per heavy atom. The second-order valence-electron chi connectivity index (χ2n) is 8.05. The number of hydrogen-bond acceptors (Lipinski definition) is 5. The van der Waals surface area contributed by atoms with Crippen LogP contribution in [-0.4, -0.2) is 31.1 Å². The second-order valence-corrected chi connectivity index (χ2v) is 8.05. The number of fused-ring (bicyclic) bond motifs is 1. The standard InChI is InChI=1S/C24H13F7N6O2/c25-15-8-12(39-13-5-6-32-18(9-13)21-33-10-19(35-21)24(29,30)31)2-4-17(15)34-22(38)20-14-7-11(23(26,27)28)1-3-16(14)36-37-20/h1-10H,(H,33,35)(H,34,38)(H,36,37). The van der Waals surface area contributed by atoms with Crippen LogP contribution in [0.15, 0.2) is 60.9 Å². The average Bonchev–Trinajstić information content (AvgIpc) is 3.53. The van der Waals surface area contributed by atoms with Crippen LogP contribution in [0.5, 0.6) is 11.5 Å². The summed E-state index contributed by atoms with van der Waals surface area (Å²) in [5.74, 6) is -1.98. The van der Waals surface area contributed by atoms with Crippen molar-refractivity contribution in [3.8, 4) is 23.0 Å². The van der Waals surface area contributed by atoms with Crippen LogP contribution in [0.25, 0.3) is 22.4 Å². The molecule has 3 heterocycles. The van der Waals surface area contributed by atoms with Crippen molar-refractivity contribution in [1.82, 2.24) is 25.1 Å². The van der Waals surface area contributed by atoms with Gasteiger partial charge in [-0.3, -0.25) is 14.9 Å². The zero-order chi connectivity index (χ0) is 27.9. The highest BCUT2D eigenvalue weighted by Gasteiger charge is 2.33. The van der Waals surface area contributed by atoms with Gasteiger partial charge in [0.2, 0.25) is 0 Å². The Labute approximate surface area is 212 Å². The number of aromatic amines is 2. The van der Waals surface area contributed by atoms with Crippen molar-refractivity contribution in [2.24, 2.45) is 0 Å². The van der Waals surface area contributed by atoms with Crippen LogP contribution < -0.4 is 10.1 Å². The number of alkyl halides is 6. The molecule has 2 aromatic carbocycles. The number of carbonyl (C=O) groups is 1. The molecule has 0 saturated heterocycles. The van der Waals surface area contributed by atoms with Gasteiger partial charge in [-0.05, 0) is 36.4 Å². The average molecular weight is 550 g/mol. The van der Waals surface area contributed by atoms with Gasteiger partial charge in [0.25, 0.3) is 5.91 Å². The van der Waals surface area contributed by atoms with E-state index in [1.54, 1.807) is 0 Å². The number of aromatic nitrogens is 5. The van der Waals surface area contributed by atoms with E-state index in [0.717, 1.165) is 30.3 Å². The number of nitrogens with one attached hydrogen (secondary N) is 3. The van der Waals surface area contributed by atoms with Gasteiger partial charge in [-0.25, -0.2) is 9.37 Å². The maximum absolute atomic E-state index is 14.7. The van der Waals surface area contributed by atoms with Gasteiger partial charge in [-0.15, -0.1) is 0 Å². The van der Waals surface area contributed by atoms with Crippen molar-refractivity contribution in [3.63, 3.8) is 0 Å². The van der Waals surface area contributed by atoms with Crippen LogP contribution in [0.2, 0.25) is 0 Å². The molecular formula is C24H13F7N6O2. The molecule has 8 nitrogen and oxygen atoms in total. The molecule has 0 saturated carbocycles. The number of amides is 1. The summed E-state index contributed by atoms with van der Waals surface area (Å²) in [5, 5.41) is 8.34. The van der Waals surface area contributed by atoms with E-state index in [9.17, 15) is 35.5 Å². The predicted molar refractivity (Wildman–Crippen MR) is 122 cm³/mol. The number of anilines is 1. The summed E-state index contributed by atoms with van der Waals surface area (Å²) >= 11 is 0. The summed E-state index contributed by atoms with van der Waals surface area (Å²) in [5.41, 5.74) is -2.50. The number of halogens is 7. The molecule has 200 valence electrons. The minimum Gasteiger partial charge on any atom is -0.457 e. The summed E-state index contributed by atoms with van der Waals surface area (Å²) < 4.78 is 97.9. The lowest BCUT2D eigenvalue weighted by Crippen LogP contribution is -2.14. The lowest BCUT2D eigenvalue weighted by molar-refractivity contribution is -0.141. The fourth-order valence-electron chi connectivity index (χ4n) is 3.54. The van der Waals surface area contributed by atoms with Gasteiger partial charge < -0.3 is 15.0 Å². The number of nitrogens with zero attached hydrogens (tertiary/aromatic N) is 3. The third kappa shape index (κ3) is 5.37. The Kier molecular flexibility index (Phi) is 6.20. The van der Waals surface area contributed by atoms with Crippen LogP contribution in [0.3, 0.4) is 0 Å². The van der Waals surface area contributed by atoms with E-state index in [-0.39, 0.29) is 45.3 Å². The van der Waals surface area contributed by atoms with E-state index in [1.807, 2.05) is 0 Å². The van der Waals surface area contributed by atoms with Crippen LogP contribution >= 0.6 is 0 Å². The fraction of sp³-hybridized carbons (Fsp3) is 0.0833. The van der Waals surface area contributed by atoms with E-state index < -0.39 is 35.3 Å². The third-order valence-electron chi connectivity index (χ3n) is 5.38. The van der Waals surface area contributed by atoms with Crippen molar-refractivity contribution in [3.05, 3.63) is 83.7 Å². The van der Waals surface area contributed by atoms with Crippen molar-refractivity contribution >= 4 is 22.5 Å². The fourth-order valence-corrected chi connectivity index (χ4v) is 3.54. The molecule has 39 heavy (non-hydrogen) atoms. The Morgan fingerprint density at radius 1 is 0.897 bits per heavy atom. The van der Waals surface area contributed by atoms with Crippen molar-refractivity contribution < 1.29 is 40.3 Å². The zero-order valence-electron chi connectivity index (χ0n) is 19.1. The number of carbonyl (C=O) groups excluding carboxylic acids is 1. The highest BCUT2D eigenvalue weighted by atomic mass is 19.4. The predicted octanol–water partition coefficient (Wildman–Crippen LogP) is 6.57. The third-order valence-corrected chi connectivity index (χ3v) is 5.38. The molecule has 0 radical (unpaired) electrons. The number of hydrogen-bond donors (Lipinski definition) is 3. The number of benzene rings is 2. The molecule has 3 aromatic heterocycles. The molecule has 1 amide bonds. The van der Waals surface area contributed by atoms with Gasteiger partial charge in [0.1, 0.15) is 28.7 Å². The lowest BCUT2D eigenvalue weighted by Gasteiger charge is -2.10. The van der Waals surface area contributed by atoms with Gasteiger partial charge in [-0.1, -0.05) is 0 Å². The minimum atomic E-state index is -4.64. The number of rotatable bonds is 5. The molecule has 5 aromatic rings. The number of H-pyrrole nitrogens is 2. The number of imidazole rings is 1. The second kappa shape index (κ2) is 9.41. The molecule has 0 atom stereocenters. The Balaban J connectivity index is 1.32. The topological polar surface area (TPSA) is 109 Å². The van der Waals surface area contributed by atoms with Crippen molar-refractivity contribution in [2.75, 3.05) is 5.32 Å². The first kappa shape index (κ1) is 25.7. The molecule has 0 aliphatic carbocycles. The largest absolute Gasteiger partial charge is 0.457 e. The highest BCUT2D eigenvalue weighted by molar-refractivity contribution is 6.11. The molecular weight excluding hydrogens is 537 g/mol. The summed E-state index contributed by atoms with van der Waals surface area (Å²) in [6.45, 7) is 0. The van der Waals surface area contributed by atoms with Crippen LogP contribution in [0, 0.1) is 5.82 Å². The summed E-state index contributed by atoms with van der Waals surface area (Å²) in [7, 11) is 0. The zero-order valence-corrected chi connectivity index (χ0v) is 19.1. The van der Waals surface area contributed by atoms with E-state index >= 15 is 0 Å². The number of ether oxygens (including phenoxy) is 1. The summed E-state index contributed by atoms with van der Waals surface area (Å²) in [4.78, 5) is 22.4. The summed E-state index contributed by atoms with van der Waals surface area (Å²) in [6, 6.07) is 8.75. The monoisotopic (exact) mass is 550 g/mol. The molecule has 0 unspecified atom stereocenters. The van der Waals surface area contributed by atoms with E-state index in [0.29, 0.717) is 6.20 Å². The van der Waals surface area contributed by atoms with Gasteiger partial charge >= 0.3 is 12.4 Å². The van der Waals surface area contributed by atoms with Crippen LogP contribution in [-0.2, 0) is 12.4 Å². The van der Waals surface area contributed by atoms with Gasteiger partial charge in [0, 0.05) is 23.7 Å². The number of pyridine rings is 1. The van der Waals surface area contributed by atoms with E-state index in [1.165, 1.54) is 24.4 Å². The van der Waals surface area contributed by atoms with Crippen molar-refractivity contribution in [2.45, 2.75) is 12.4 Å². The molecule has 0 fully saturated rings. The Bertz CT molecular complexity index is 1690. The highest BCUT2D eigenvalue weighted by Crippen LogP contribution is 2.33. The maximum atomic E-state index is 14.7. The van der Waals surface area contributed by atoms with E-state index in [4.69, 9.17) is 4.74 Å². The SMILES string of the molecule is O=C(Nc1ccc(Oc2ccnc(-c3ncc(C(F)(F)F)[nH]3)c2)cc1F)c1n[nH]c2ccc(C(F)(F)F)cc12. The summed E-state index contributed by atoms with van der Waals surface area (Å²) in [6.07, 6.45) is -7.39. The smallest absolute Gasteiger partial charge is 0.432 e. The lowest BCUT2D eigenvalue weighted by atomic mass is 10.1. The van der Waals surface area contributed by atoms with Gasteiger partial charge in [0.15, 0.2) is 11.5 Å². The minimum absolute atomic E-state index is 0.0295. The van der Waals surface area contributed by atoms with Crippen molar-refractivity contribution in [1.29, 1.82) is 0 Å². The quantitative estimate of drug-likeness (QED) is 0.215. The van der Waals surface area contributed by atoms with E-state index in [2.05, 4.69) is 30.5 Å². The molecule has 0 aliphatic heterocycles. The Hall–Kier alpha value is -4.95. The maximum Gasteiger partial charge on any atom is 0.432 e. The molecule has 0 aliphatic rings. The molecule has 5 rings (SSSR count). The first-order valence-corrected chi connectivity index (χ1v) is 10.8. The molecule has 15 heteroatoms.